The minimum absolute atomic E-state index is 0.588. The Morgan fingerprint density at radius 2 is 2.00 bits per heavy atom. The van der Waals surface area contributed by atoms with Crippen molar-refractivity contribution in [1.29, 1.82) is 0 Å². The van der Waals surface area contributed by atoms with E-state index in [2.05, 4.69) is 0 Å². The van der Waals surface area contributed by atoms with E-state index in [0.717, 1.165) is 6.92 Å². The molecule has 9 heavy (non-hydrogen) atoms. The Morgan fingerprint density at radius 3 is 2.11 bits per heavy atom. The molecule has 0 aliphatic heterocycles. The second-order valence-corrected chi connectivity index (χ2v) is 2.38. The van der Waals surface area contributed by atoms with Gasteiger partial charge in [0.1, 0.15) is 5.75 Å². The number of ketones is 2. The van der Waals surface area contributed by atoms with Crippen LogP contribution >= 0.6 is 0 Å². The van der Waals surface area contributed by atoms with Gasteiger partial charge >= 0.3 is 0 Å². The molecule has 1 unspecified atom stereocenters. The Morgan fingerprint density at radius 1 is 1.56 bits per heavy atom. The number of carbonyl (C=O) groups is 2. The molecule has 5 heteroatoms. The molecule has 0 rings (SSSR count). The summed E-state index contributed by atoms with van der Waals surface area (Å²) in [5.74, 6) is -2.08. The van der Waals surface area contributed by atoms with Crippen LogP contribution in [0.4, 0.5) is 0 Å². The molecule has 0 amide bonds. The first kappa shape index (κ1) is 8.45. The van der Waals surface area contributed by atoms with Crippen molar-refractivity contribution in [1.82, 2.24) is 0 Å². The maximum absolute atomic E-state index is 10.3. The van der Waals surface area contributed by atoms with Gasteiger partial charge in [-0.05, 0) is 0 Å². The average molecular weight is 150 g/mol. The minimum atomic E-state index is -2.19. The molecule has 52 valence electrons. The van der Waals surface area contributed by atoms with Gasteiger partial charge in [-0.25, -0.2) is 4.21 Å². The average Bonchev–Trinajstić information content (AvgIpc) is 1.63. The lowest BCUT2D eigenvalue weighted by atomic mass is 10.3. The van der Waals surface area contributed by atoms with Crippen LogP contribution in [0.5, 0.6) is 0 Å². The summed E-state index contributed by atoms with van der Waals surface area (Å²) < 4.78 is 17.9. The molecule has 0 aliphatic carbocycles. The lowest BCUT2D eigenvalue weighted by Crippen LogP contribution is -2.17. The molecular formula is C4H6O4S. The molecular weight excluding hydrogens is 144 g/mol. The molecule has 0 fully saturated rings. The largest absolute Gasteiger partial charge is 0.306 e. The van der Waals surface area contributed by atoms with Gasteiger partial charge < -0.3 is 4.55 Å². The molecule has 0 saturated carbocycles. The summed E-state index contributed by atoms with van der Waals surface area (Å²) in [6.45, 7) is 1.06. The van der Waals surface area contributed by atoms with Crippen molar-refractivity contribution < 1.29 is 18.4 Å². The first-order valence-corrected chi connectivity index (χ1v) is 3.43. The van der Waals surface area contributed by atoms with Crippen LogP contribution in [0.3, 0.4) is 0 Å². The highest BCUT2D eigenvalue weighted by molar-refractivity contribution is 7.80. The third kappa shape index (κ3) is 3.99. The number of hydrogen-bond acceptors (Lipinski definition) is 3. The molecule has 0 aromatic rings. The predicted molar refractivity (Wildman–Crippen MR) is 31.3 cm³/mol. The topological polar surface area (TPSA) is 71.4 Å². The van der Waals surface area contributed by atoms with Crippen molar-refractivity contribution in [3.8, 4) is 0 Å². The van der Waals surface area contributed by atoms with Gasteiger partial charge in [-0.1, -0.05) is 0 Å². The zero-order valence-electron chi connectivity index (χ0n) is 4.79. The Balaban J connectivity index is 3.79. The third-order valence-corrected chi connectivity index (χ3v) is 1.16. The summed E-state index contributed by atoms with van der Waals surface area (Å²) in [6.07, 6.45) is 0. The second kappa shape index (κ2) is 3.47. The van der Waals surface area contributed by atoms with E-state index in [1.165, 1.54) is 0 Å². The molecule has 0 aromatic carbocycles. The normalized spacial score (nSPS) is 12.7. The highest BCUT2D eigenvalue weighted by Gasteiger charge is 2.09. The van der Waals surface area contributed by atoms with E-state index < -0.39 is 28.4 Å². The molecule has 0 aliphatic rings. The van der Waals surface area contributed by atoms with Gasteiger partial charge in [-0.3, -0.25) is 9.59 Å². The Bertz CT molecular complexity index is 162. The van der Waals surface area contributed by atoms with Gasteiger partial charge in [0, 0.05) is 6.92 Å². The van der Waals surface area contributed by atoms with Crippen LogP contribution in [0, 0.1) is 0 Å². The van der Waals surface area contributed by atoms with Crippen LogP contribution in [0.1, 0.15) is 6.92 Å². The fraction of sp³-hybridized carbons (Fsp3) is 0.500. The highest BCUT2D eigenvalue weighted by Crippen LogP contribution is 1.78. The number of hydrogen-bond donors (Lipinski definition) is 1. The van der Waals surface area contributed by atoms with E-state index in [1.54, 1.807) is 0 Å². The van der Waals surface area contributed by atoms with Crippen LogP contribution < -0.4 is 0 Å². The van der Waals surface area contributed by atoms with E-state index in [4.69, 9.17) is 4.55 Å². The lowest BCUT2D eigenvalue weighted by molar-refractivity contribution is -0.133. The number of Topliss-reactive ketones (excluding diaryl/α,β-unsaturated/α-hetero) is 2. The van der Waals surface area contributed by atoms with E-state index in [9.17, 15) is 13.8 Å². The predicted octanol–water partition coefficient (Wildman–Crippen LogP) is -0.634. The van der Waals surface area contributed by atoms with Gasteiger partial charge in [-0.2, -0.15) is 0 Å². The molecule has 0 heterocycles. The maximum atomic E-state index is 10.3. The molecule has 4 nitrogen and oxygen atoms in total. The molecule has 0 saturated heterocycles. The fourth-order valence-electron chi connectivity index (χ4n) is 0.214. The van der Waals surface area contributed by atoms with Crippen LogP contribution in [-0.2, 0) is 20.7 Å². The Hall–Kier alpha value is -0.550. The smallest absolute Gasteiger partial charge is 0.212 e. The molecule has 0 spiro atoms. The molecule has 1 N–H and O–H groups in total. The fourth-order valence-corrected chi connectivity index (χ4v) is 0.641. The summed E-state index contributed by atoms with van der Waals surface area (Å²) in [4.78, 5) is 20.3. The second-order valence-electron chi connectivity index (χ2n) is 1.45. The van der Waals surface area contributed by atoms with Crippen molar-refractivity contribution in [2.45, 2.75) is 6.92 Å². The number of rotatable bonds is 3. The quantitative estimate of drug-likeness (QED) is 0.429. The van der Waals surface area contributed by atoms with Crippen LogP contribution in [-0.4, -0.2) is 26.1 Å². The lowest BCUT2D eigenvalue weighted by Gasteiger charge is -1.87. The van der Waals surface area contributed by atoms with Crippen LogP contribution in [0.15, 0.2) is 0 Å². The summed E-state index contributed by atoms with van der Waals surface area (Å²) >= 11 is -2.19. The highest BCUT2D eigenvalue weighted by atomic mass is 32.2. The van der Waals surface area contributed by atoms with Gasteiger partial charge in [0.15, 0.2) is 16.9 Å². The van der Waals surface area contributed by atoms with Crippen molar-refractivity contribution in [3.05, 3.63) is 0 Å². The standard InChI is InChI=1S/C4H6O4S/c1-3(5)4(6)2-9(7)8/h2H2,1H3,(H,7,8). The third-order valence-electron chi connectivity index (χ3n) is 0.647. The van der Waals surface area contributed by atoms with E-state index in [1.807, 2.05) is 0 Å². The SMILES string of the molecule is CC(=O)C(=O)CS(=O)O. The molecule has 0 radical (unpaired) electrons. The zero-order chi connectivity index (χ0) is 7.44. The molecule has 1 atom stereocenters. The monoisotopic (exact) mass is 150 g/mol. The van der Waals surface area contributed by atoms with E-state index in [0.29, 0.717) is 0 Å². The maximum Gasteiger partial charge on any atom is 0.212 e. The van der Waals surface area contributed by atoms with Crippen molar-refractivity contribution >= 4 is 22.6 Å². The summed E-state index contributed by atoms with van der Waals surface area (Å²) in [5.41, 5.74) is 0. The van der Waals surface area contributed by atoms with Gasteiger partial charge in [-0.15, -0.1) is 0 Å². The summed E-state index contributed by atoms with van der Waals surface area (Å²) in [5, 5.41) is 0. The molecule has 0 bridgehead atoms. The van der Waals surface area contributed by atoms with Crippen molar-refractivity contribution in [2.75, 3.05) is 5.75 Å². The summed E-state index contributed by atoms with van der Waals surface area (Å²) in [6, 6.07) is 0. The van der Waals surface area contributed by atoms with Crippen LogP contribution in [0.2, 0.25) is 0 Å². The van der Waals surface area contributed by atoms with Gasteiger partial charge in [0.25, 0.3) is 0 Å². The molecule has 0 aromatic heterocycles. The van der Waals surface area contributed by atoms with Crippen molar-refractivity contribution in [2.24, 2.45) is 0 Å². The van der Waals surface area contributed by atoms with Crippen molar-refractivity contribution in [3.63, 3.8) is 0 Å². The van der Waals surface area contributed by atoms with Crippen LogP contribution in [0.25, 0.3) is 0 Å². The van der Waals surface area contributed by atoms with Gasteiger partial charge in [0.2, 0.25) is 5.78 Å². The number of carbonyl (C=O) groups excluding carboxylic acids is 2. The summed E-state index contributed by atoms with van der Waals surface area (Å²) in [7, 11) is 0. The zero-order valence-corrected chi connectivity index (χ0v) is 5.60. The van der Waals surface area contributed by atoms with Gasteiger partial charge in [0.05, 0.1) is 0 Å². The Labute approximate surface area is 54.5 Å². The minimum Gasteiger partial charge on any atom is -0.306 e. The Kier molecular flexibility index (Phi) is 3.26. The first-order valence-electron chi connectivity index (χ1n) is 2.15. The van der Waals surface area contributed by atoms with E-state index in [-0.39, 0.29) is 0 Å². The first-order chi connectivity index (χ1) is 4.04. The van der Waals surface area contributed by atoms with E-state index >= 15 is 0 Å².